The summed E-state index contributed by atoms with van der Waals surface area (Å²) in [5, 5.41) is 3.37. The topological polar surface area (TPSA) is 37.8 Å². The molecule has 5 nitrogen and oxygen atoms in total. The van der Waals surface area contributed by atoms with Crippen LogP contribution in [0.25, 0.3) is 0 Å². The van der Waals surface area contributed by atoms with Crippen LogP contribution in [0.15, 0.2) is 5.38 Å². The van der Waals surface area contributed by atoms with Crippen molar-refractivity contribution in [1.82, 2.24) is 14.8 Å². The van der Waals surface area contributed by atoms with Crippen LogP contribution in [0.3, 0.4) is 0 Å². The molecule has 0 amide bonds. The fourth-order valence-corrected chi connectivity index (χ4v) is 5.11. The summed E-state index contributed by atoms with van der Waals surface area (Å²) in [6.45, 7) is 11.2. The van der Waals surface area contributed by atoms with Gasteiger partial charge in [0, 0.05) is 56.2 Å². The smallest absolute Gasteiger partial charge is 0.0897 e. The van der Waals surface area contributed by atoms with E-state index < -0.39 is 0 Å². The van der Waals surface area contributed by atoms with Gasteiger partial charge in [0.15, 0.2) is 0 Å². The van der Waals surface area contributed by atoms with E-state index in [2.05, 4.69) is 27.1 Å². The lowest BCUT2D eigenvalue weighted by molar-refractivity contribution is 0.0284. The van der Waals surface area contributed by atoms with Crippen LogP contribution in [0.5, 0.6) is 0 Å². The Morgan fingerprint density at radius 2 is 2.08 bits per heavy atom. The molecule has 1 aromatic heterocycles. The predicted molar refractivity (Wildman–Crippen MR) is 95.4 cm³/mol. The van der Waals surface area contributed by atoms with Crippen LogP contribution in [-0.2, 0) is 16.0 Å². The Morgan fingerprint density at radius 1 is 1.21 bits per heavy atom. The zero-order chi connectivity index (χ0) is 16.4. The SMILES string of the molecule is Cc1nc(CN2CCOC[C@@]3(CCN(C4CCOCC4)C3)C2)cs1. The van der Waals surface area contributed by atoms with E-state index in [1.807, 2.05) is 0 Å². The third kappa shape index (κ3) is 3.83. The van der Waals surface area contributed by atoms with Gasteiger partial charge in [-0.1, -0.05) is 0 Å². The second-order valence-corrected chi connectivity index (χ2v) is 8.75. The molecule has 0 N–H and O–H groups in total. The number of hydrogen-bond donors (Lipinski definition) is 0. The van der Waals surface area contributed by atoms with E-state index in [-0.39, 0.29) is 0 Å². The van der Waals surface area contributed by atoms with Crippen molar-refractivity contribution in [1.29, 1.82) is 0 Å². The number of thiazole rings is 1. The number of nitrogens with zero attached hydrogens (tertiary/aromatic N) is 3. The molecule has 0 saturated carbocycles. The molecule has 1 spiro atoms. The van der Waals surface area contributed by atoms with Crippen molar-refractivity contribution in [3.63, 3.8) is 0 Å². The highest BCUT2D eigenvalue weighted by molar-refractivity contribution is 7.09. The summed E-state index contributed by atoms with van der Waals surface area (Å²) in [6, 6.07) is 0.719. The second-order valence-electron chi connectivity index (χ2n) is 7.69. The first kappa shape index (κ1) is 16.9. The molecule has 0 bridgehead atoms. The highest BCUT2D eigenvalue weighted by Crippen LogP contribution is 2.36. The lowest BCUT2D eigenvalue weighted by Gasteiger charge is -2.35. The summed E-state index contributed by atoms with van der Waals surface area (Å²) in [5.74, 6) is 0. The van der Waals surface area contributed by atoms with Crippen LogP contribution in [0, 0.1) is 12.3 Å². The summed E-state index contributed by atoms with van der Waals surface area (Å²) in [7, 11) is 0. The largest absolute Gasteiger partial charge is 0.381 e. The lowest BCUT2D eigenvalue weighted by Crippen LogP contribution is -2.43. The molecule has 4 heterocycles. The first-order chi connectivity index (χ1) is 11.7. The molecule has 0 unspecified atom stereocenters. The van der Waals surface area contributed by atoms with Gasteiger partial charge in [-0.05, 0) is 32.7 Å². The molecule has 3 aliphatic heterocycles. The van der Waals surface area contributed by atoms with Gasteiger partial charge >= 0.3 is 0 Å². The molecule has 1 atom stereocenters. The van der Waals surface area contributed by atoms with E-state index in [1.165, 1.54) is 38.0 Å². The van der Waals surface area contributed by atoms with Crippen molar-refractivity contribution < 1.29 is 9.47 Å². The maximum Gasteiger partial charge on any atom is 0.0897 e. The van der Waals surface area contributed by atoms with Crippen LogP contribution in [-0.4, -0.2) is 73.4 Å². The minimum Gasteiger partial charge on any atom is -0.381 e. The number of ether oxygens (including phenoxy) is 2. The number of likely N-dealkylation sites (tertiary alicyclic amines) is 1. The van der Waals surface area contributed by atoms with Gasteiger partial charge in [0.2, 0.25) is 0 Å². The van der Waals surface area contributed by atoms with Crippen molar-refractivity contribution in [2.24, 2.45) is 5.41 Å². The molecule has 3 saturated heterocycles. The Balaban J connectivity index is 1.40. The molecule has 6 heteroatoms. The fourth-order valence-electron chi connectivity index (χ4n) is 4.50. The maximum atomic E-state index is 6.03. The van der Waals surface area contributed by atoms with Crippen molar-refractivity contribution in [2.75, 3.05) is 52.6 Å². The lowest BCUT2D eigenvalue weighted by atomic mass is 9.87. The molecule has 1 aromatic rings. The summed E-state index contributed by atoms with van der Waals surface area (Å²) in [4.78, 5) is 9.93. The van der Waals surface area contributed by atoms with Gasteiger partial charge in [0.1, 0.15) is 0 Å². The van der Waals surface area contributed by atoms with Crippen molar-refractivity contribution >= 4 is 11.3 Å². The highest BCUT2D eigenvalue weighted by Gasteiger charge is 2.43. The van der Waals surface area contributed by atoms with Gasteiger partial charge in [0.25, 0.3) is 0 Å². The van der Waals surface area contributed by atoms with E-state index >= 15 is 0 Å². The molecule has 24 heavy (non-hydrogen) atoms. The maximum absolute atomic E-state index is 6.03. The van der Waals surface area contributed by atoms with Crippen LogP contribution in [0.1, 0.15) is 30.0 Å². The van der Waals surface area contributed by atoms with Gasteiger partial charge in [-0.25, -0.2) is 4.98 Å². The zero-order valence-electron chi connectivity index (χ0n) is 14.7. The van der Waals surface area contributed by atoms with Crippen LogP contribution < -0.4 is 0 Å². The van der Waals surface area contributed by atoms with E-state index in [1.54, 1.807) is 11.3 Å². The fraction of sp³-hybridized carbons (Fsp3) is 0.833. The summed E-state index contributed by atoms with van der Waals surface area (Å²) in [5.41, 5.74) is 1.52. The number of rotatable bonds is 3. The molecule has 4 rings (SSSR count). The average Bonchev–Trinajstić information content (AvgIpc) is 3.13. The van der Waals surface area contributed by atoms with Crippen molar-refractivity contribution in [3.8, 4) is 0 Å². The third-order valence-corrected chi connectivity index (χ3v) is 6.57. The Labute approximate surface area is 148 Å². The molecule has 3 fully saturated rings. The van der Waals surface area contributed by atoms with Crippen molar-refractivity contribution in [3.05, 3.63) is 16.1 Å². The van der Waals surface area contributed by atoms with Crippen LogP contribution >= 0.6 is 11.3 Å². The zero-order valence-corrected chi connectivity index (χ0v) is 15.5. The Morgan fingerprint density at radius 3 is 2.88 bits per heavy atom. The first-order valence-corrected chi connectivity index (χ1v) is 10.1. The summed E-state index contributed by atoms with van der Waals surface area (Å²) >= 11 is 1.75. The van der Waals surface area contributed by atoms with Crippen molar-refractivity contribution in [2.45, 2.75) is 38.8 Å². The molecule has 3 aliphatic rings. The first-order valence-electron chi connectivity index (χ1n) is 9.25. The Kier molecular flexibility index (Phi) is 5.20. The summed E-state index contributed by atoms with van der Waals surface area (Å²) in [6.07, 6.45) is 3.65. The molecule has 0 aromatic carbocycles. The second kappa shape index (κ2) is 7.38. The predicted octanol–water partition coefficient (Wildman–Crippen LogP) is 2.15. The van der Waals surface area contributed by atoms with E-state index in [9.17, 15) is 0 Å². The van der Waals surface area contributed by atoms with Gasteiger partial charge in [-0.15, -0.1) is 11.3 Å². The minimum absolute atomic E-state index is 0.305. The van der Waals surface area contributed by atoms with Gasteiger partial charge < -0.3 is 9.47 Å². The highest BCUT2D eigenvalue weighted by atomic mass is 32.1. The molecular formula is C18H29N3O2S. The third-order valence-electron chi connectivity index (χ3n) is 5.75. The Hall–Kier alpha value is -0.530. The normalized spacial score (nSPS) is 30.9. The number of aromatic nitrogens is 1. The molecule has 134 valence electrons. The van der Waals surface area contributed by atoms with Crippen LogP contribution in [0.4, 0.5) is 0 Å². The van der Waals surface area contributed by atoms with E-state index in [0.29, 0.717) is 5.41 Å². The van der Waals surface area contributed by atoms with Gasteiger partial charge in [-0.2, -0.15) is 0 Å². The molecule has 0 radical (unpaired) electrons. The van der Waals surface area contributed by atoms with Crippen LogP contribution in [0.2, 0.25) is 0 Å². The monoisotopic (exact) mass is 351 g/mol. The molecular weight excluding hydrogens is 322 g/mol. The Bertz CT molecular complexity index is 546. The van der Waals surface area contributed by atoms with Gasteiger partial charge in [-0.3, -0.25) is 9.80 Å². The standard InChI is InChI=1S/C18H29N3O2S/c1-15-19-16(11-24-15)10-20-6-9-23-14-18(12-20)4-5-21(13-18)17-2-7-22-8-3-17/h11,17H,2-10,12-14H2,1H3/t18-/m0/s1. The number of hydrogen-bond acceptors (Lipinski definition) is 6. The van der Waals surface area contributed by atoms with E-state index in [4.69, 9.17) is 9.47 Å². The average molecular weight is 352 g/mol. The molecule has 0 aliphatic carbocycles. The van der Waals surface area contributed by atoms with E-state index in [0.717, 1.165) is 57.1 Å². The van der Waals surface area contributed by atoms with Gasteiger partial charge in [0.05, 0.1) is 23.9 Å². The summed E-state index contributed by atoms with van der Waals surface area (Å²) < 4.78 is 11.6. The minimum atomic E-state index is 0.305. The quantitative estimate of drug-likeness (QED) is 0.834. The number of aryl methyl sites for hydroxylation is 1.